The zero-order chi connectivity index (χ0) is 24.3. The van der Waals surface area contributed by atoms with Crippen molar-refractivity contribution in [2.45, 2.75) is 114 Å². The first kappa shape index (κ1) is 36.0. The summed E-state index contributed by atoms with van der Waals surface area (Å²) in [6.07, 6.45) is 14.5. The first-order valence-electron chi connectivity index (χ1n) is 12.1. The summed E-state index contributed by atoms with van der Waals surface area (Å²) in [6, 6.07) is 0. The summed E-state index contributed by atoms with van der Waals surface area (Å²) in [5.74, 6) is -1.12. The molecule has 0 rings (SSSR count). The molecule has 0 heterocycles. The van der Waals surface area contributed by atoms with E-state index >= 15 is 0 Å². The summed E-state index contributed by atoms with van der Waals surface area (Å²) in [4.78, 5) is 25.9. The number of hydrogen-bond donors (Lipinski definition) is 2. The molecule has 31 heavy (non-hydrogen) atoms. The normalized spacial score (nSPS) is 11.8. The number of carboxylic acid groups (broad SMARTS) is 2. The number of unbranched alkanes of at least 4 members (excludes halogenated alkanes) is 8. The van der Waals surface area contributed by atoms with E-state index in [0.717, 1.165) is 38.5 Å². The number of carbonyl (C=O) groups is 2. The van der Waals surface area contributed by atoms with Gasteiger partial charge in [-0.1, -0.05) is 78.1 Å². The van der Waals surface area contributed by atoms with Crippen LogP contribution >= 0.6 is 25.3 Å². The number of carboxylic acids is 2. The second kappa shape index (κ2) is 30.4. The summed E-state index contributed by atoms with van der Waals surface area (Å²) >= 11 is 8.31. The van der Waals surface area contributed by atoms with Gasteiger partial charge in [0.1, 0.15) is 0 Å². The Bertz CT molecular complexity index is 351. The minimum absolute atomic E-state index is 0.230. The molecule has 0 aliphatic rings. The number of thiol groups is 2. The molecule has 7 heteroatoms. The van der Waals surface area contributed by atoms with Crippen molar-refractivity contribution >= 4 is 58.3 Å². The van der Waals surface area contributed by atoms with Crippen LogP contribution in [0.2, 0.25) is 9.88 Å². The summed E-state index contributed by atoms with van der Waals surface area (Å²) in [5.41, 5.74) is 0. The molecule has 2 atom stereocenters. The van der Waals surface area contributed by atoms with E-state index in [2.05, 4.69) is 49.0 Å². The van der Waals surface area contributed by atoms with Crippen molar-refractivity contribution in [3.8, 4) is 0 Å². The zero-order valence-electron chi connectivity index (χ0n) is 20.5. The third-order valence-electron chi connectivity index (χ3n) is 4.93. The predicted molar refractivity (Wildman–Crippen MR) is 138 cm³/mol. The van der Waals surface area contributed by atoms with Crippen LogP contribution in [0.5, 0.6) is 0 Å². The molecule has 0 aromatic rings. The molecular weight excluding hydrogens is 535 g/mol. The minimum atomic E-state index is -0.908. The predicted octanol–water partition coefficient (Wildman–Crippen LogP) is 4.85. The van der Waals surface area contributed by atoms with E-state index in [-0.39, 0.29) is 33.0 Å². The molecule has 0 spiro atoms. The molecule has 0 aliphatic heterocycles. The summed E-state index contributed by atoms with van der Waals surface area (Å²) < 4.78 is 0. The van der Waals surface area contributed by atoms with Gasteiger partial charge in [0.15, 0.2) is 0 Å². The maximum atomic E-state index is 10.7. The van der Waals surface area contributed by atoms with Crippen molar-refractivity contribution < 1.29 is 19.8 Å². The van der Waals surface area contributed by atoms with E-state index in [1.165, 1.54) is 38.5 Å². The van der Waals surface area contributed by atoms with Gasteiger partial charge in [0.2, 0.25) is 0 Å². The van der Waals surface area contributed by atoms with Crippen LogP contribution in [0.1, 0.15) is 104 Å². The monoisotopic (exact) mass is 584 g/mol. The molecule has 0 aliphatic carbocycles. The first-order chi connectivity index (χ1) is 14.9. The average Bonchev–Trinajstić information content (AvgIpc) is 2.72. The van der Waals surface area contributed by atoms with Gasteiger partial charge in [0, 0.05) is 11.9 Å². The Morgan fingerprint density at radius 2 is 0.935 bits per heavy atom. The van der Waals surface area contributed by atoms with E-state index in [9.17, 15) is 19.8 Å². The molecule has 0 fully saturated rings. The molecule has 0 radical (unpaired) electrons. The number of carbonyl (C=O) groups excluding carboxylic acids is 2. The third kappa shape index (κ3) is 30.4. The fourth-order valence-electron chi connectivity index (χ4n) is 3.06. The quantitative estimate of drug-likeness (QED) is 0.137. The van der Waals surface area contributed by atoms with E-state index in [0.29, 0.717) is 24.3 Å². The van der Waals surface area contributed by atoms with Gasteiger partial charge in [0.05, 0.1) is 0 Å². The molecule has 0 aromatic heterocycles. The van der Waals surface area contributed by atoms with Crippen molar-refractivity contribution in [2.75, 3.05) is 11.5 Å². The van der Waals surface area contributed by atoms with Crippen molar-refractivity contribution in [3.05, 3.63) is 0 Å². The van der Waals surface area contributed by atoms with E-state index in [1.54, 1.807) is 0 Å². The van der Waals surface area contributed by atoms with Crippen LogP contribution in [0.4, 0.5) is 0 Å². The molecular formula is C24H48O4S2Sn. The van der Waals surface area contributed by atoms with Crippen molar-refractivity contribution in [1.29, 1.82) is 0 Å². The van der Waals surface area contributed by atoms with Crippen LogP contribution in [0.15, 0.2) is 0 Å². The Balaban J connectivity index is -0.000000448. The summed E-state index contributed by atoms with van der Waals surface area (Å²) in [5, 5.41) is 21.3. The Morgan fingerprint density at radius 1 is 0.645 bits per heavy atom. The van der Waals surface area contributed by atoms with Gasteiger partial charge in [-0.2, -0.15) is 25.3 Å². The van der Waals surface area contributed by atoms with E-state index < -0.39 is 11.9 Å². The number of rotatable bonds is 18. The molecule has 0 bridgehead atoms. The van der Waals surface area contributed by atoms with E-state index in [4.69, 9.17) is 0 Å². The average molecular weight is 583 g/mol. The standard InChI is InChI=1S/2C11H22O2S.2CH3.Sn/c2*1-2-3-4-5-6-7-10(8-9-14)11(12)13;;;/h2*10,14H,2-9H2,1H3,(H,12,13);2*1H3;/q;;;;+2/p-2. The first-order valence-corrected chi connectivity index (χ1v) is 19.0. The van der Waals surface area contributed by atoms with Crippen LogP contribution in [0, 0.1) is 11.8 Å². The fourth-order valence-corrected chi connectivity index (χ4v) is 3.68. The van der Waals surface area contributed by atoms with Crippen LogP contribution in [-0.4, -0.2) is 44.6 Å². The molecule has 0 amide bonds. The van der Waals surface area contributed by atoms with Crippen LogP contribution < -0.4 is 10.2 Å². The Labute approximate surface area is 214 Å². The summed E-state index contributed by atoms with van der Waals surface area (Å²) in [6.45, 7) is 4.34. The van der Waals surface area contributed by atoms with Gasteiger partial charge in [0.25, 0.3) is 0 Å². The molecule has 4 nitrogen and oxygen atoms in total. The van der Waals surface area contributed by atoms with Crippen LogP contribution in [0.25, 0.3) is 0 Å². The van der Waals surface area contributed by atoms with Gasteiger partial charge in [-0.05, 0) is 49.0 Å². The van der Waals surface area contributed by atoms with Gasteiger partial charge < -0.3 is 19.8 Å². The van der Waals surface area contributed by atoms with Crippen molar-refractivity contribution in [1.82, 2.24) is 0 Å². The Morgan fingerprint density at radius 3 is 1.16 bits per heavy atom. The molecule has 2 unspecified atom stereocenters. The van der Waals surface area contributed by atoms with Crippen molar-refractivity contribution in [3.63, 3.8) is 0 Å². The molecule has 0 aromatic carbocycles. The molecule has 0 saturated carbocycles. The second-order valence-corrected chi connectivity index (χ2v) is 11.7. The maximum absolute atomic E-state index is 10.7. The van der Waals surface area contributed by atoms with Crippen LogP contribution in [-0.2, 0) is 9.59 Å². The molecule has 0 N–H and O–H groups in total. The van der Waals surface area contributed by atoms with Gasteiger partial charge in [-0.25, -0.2) is 0 Å². The summed E-state index contributed by atoms with van der Waals surface area (Å²) in [7, 11) is 0. The van der Waals surface area contributed by atoms with Crippen LogP contribution in [0.3, 0.4) is 0 Å². The number of aliphatic carboxylic acids is 2. The van der Waals surface area contributed by atoms with Gasteiger partial charge in [-0.3, -0.25) is 0 Å². The number of hydrogen-bond acceptors (Lipinski definition) is 6. The van der Waals surface area contributed by atoms with Gasteiger partial charge in [-0.15, -0.1) is 0 Å². The Kier molecular flexibility index (Phi) is 35.4. The Hall–Kier alpha value is 0.439. The fraction of sp³-hybridized carbons (Fsp3) is 0.917. The molecule has 184 valence electrons. The second-order valence-electron chi connectivity index (χ2n) is 7.96. The topological polar surface area (TPSA) is 80.3 Å². The van der Waals surface area contributed by atoms with Gasteiger partial charge >= 0.3 is 31.0 Å². The van der Waals surface area contributed by atoms with E-state index in [1.807, 2.05) is 0 Å². The third-order valence-corrected chi connectivity index (χ3v) is 5.45. The SMILES string of the molecule is CCCCCCCC(CCS)C(=O)[O-].CCCCCCCC(CCS)C(=O)[O-].[CH3][Sn+2][CH3]. The zero-order valence-corrected chi connectivity index (χ0v) is 25.1. The van der Waals surface area contributed by atoms with Crippen molar-refractivity contribution in [2.24, 2.45) is 11.8 Å². The molecule has 0 saturated heterocycles.